The Morgan fingerprint density at radius 1 is 1.24 bits per heavy atom. The second kappa shape index (κ2) is 5.36. The van der Waals surface area contributed by atoms with Crippen LogP contribution < -0.4 is 10.1 Å². The lowest BCUT2D eigenvalue weighted by molar-refractivity contribution is 0.401. The lowest BCUT2D eigenvalue weighted by atomic mass is 10.1. The van der Waals surface area contributed by atoms with Crippen molar-refractivity contribution >= 4 is 0 Å². The summed E-state index contributed by atoms with van der Waals surface area (Å²) in [5.74, 6) is 0.741. The summed E-state index contributed by atoms with van der Waals surface area (Å²) in [6.07, 6.45) is 4.97. The van der Waals surface area contributed by atoms with Crippen LogP contribution in [-0.4, -0.2) is 29.1 Å². The summed E-state index contributed by atoms with van der Waals surface area (Å²) in [7, 11) is 3.49. The van der Waals surface area contributed by atoms with Gasteiger partial charge >= 0.3 is 0 Å². The second-order valence-electron chi connectivity index (χ2n) is 3.45. The fraction of sp³-hybridized carbons (Fsp3) is 0.250. The van der Waals surface area contributed by atoms with Gasteiger partial charge in [-0.2, -0.15) is 0 Å². The molecule has 2 aromatic rings. The Kier molecular flexibility index (Phi) is 3.62. The lowest BCUT2D eigenvalue weighted by Crippen LogP contribution is -2.20. The van der Waals surface area contributed by atoms with Gasteiger partial charge < -0.3 is 10.1 Å². The average molecular weight is 230 g/mol. The van der Waals surface area contributed by atoms with E-state index in [0.717, 1.165) is 17.1 Å². The van der Waals surface area contributed by atoms with Crippen molar-refractivity contribution in [1.29, 1.82) is 0 Å². The zero-order valence-electron chi connectivity index (χ0n) is 9.79. The summed E-state index contributed by atoms with van der Waals surface area (Å²) >= 11 is 0. The number of methoxy groups -OCH3 is 1. The Morgan fingerprint density at radius 2 is 2.12 bits per heavy atom. The Labute approximate surface area is 99.9 Å². The van der Waals surface area contributed by atoms with Crippen molar-refractivity contribution in [3.63, 3.8) is 0 Å². The first-order valence-electron chi connectivity index (χ1n) is 5.29. The maximum Gasteiger partial charge on any atom is 0.142 e. The molecule has 17 heavy (non-hydrogen) atoms. The van der Waals surface area contributed by atoms with Crippen LogP contribution in [0, 0.1) is 0 Å². The zero-order chi connectivity index (χ0) is 12.1. The van der Waals surface area contributed by atoms with Gasteiger partial charge in [0, 0.05) is 12.4 Å². The van der Waals surface area contributed by atoms with Gasteiger partial charge in [-0.15, -0.1) is 0 Å². The number of hydrogen-bond donors (Lipinski definition) is 1. The molecule has 1 unspecified atom stereocenters. The van der Waals surface area contributed by atoms with Crippen molar-refractivity contribution in [3.05, 3.63) is 48.3 Å². The first-order valence-corrected chi connectivity index (χ1v) is 5.29. The van der Waals surface area contributed by atoms with Gasteiger partial charge in [-0.25, -0.2) is 9.97 Å². The largest absolute Gasteiger partial charge is 0.495 e. The topological polar surface area (TPSA) is 59.9 Å². The molecule has 0 spiro atoms. The van der Waals surface area contributed by atoms with Crippen LogP contribution in [-0.2, 0) is 0 Å². The fourth-order valence-corrected chi connectivity index (χ4v) is 1.69. The molecular formula is C12H14N4O. The van der Waals surface area contributed by atoms with E-state index < -0.39 is 0 Å². The van der Waals surface area contributed by atoms with Crippen LogP contribution in [0.5, 0.6) is 5.75 Å². The molecule has 0 saturated heterocycles. The lowest BCUT2D eigenvalue weighted by Gasteiger charge is -2.17. The number of nitrogens with zero attached hydrogens (tertiary/aromatic N) is 3. The smallest absolute Gasteiger partial charge is 0.142 e. The quantitative estimate of drug-likeness (QED) is 0.855. The van der Waals surface area contributed by atoms with E-state index >= 15 is 0 Å². The zero-order valence-corrected chi connectivity index (χ0v) is 9.79. The second-order valence-corrected chi connectivity index (χ2v) is 3.45. The summed E-state index contributed by atoms with van der Waals surface area (Å²) in [4.78, 5) is 12.5. The molecule has 5 nitrogen and oxygen atoms in total. The number of aromatic nitrogens is 3. The highest BCUT2D eigenvalue weighted by molar-refractivity contribution is 5.33. The number of nitrogens with one attached hydrogen (secondary N) is 1. The van der Waals surface area contributed by atoms with Gasteiger partial charge in [0.15, 0.2) is 0 Å². The molecule has 5 heteroatoms. The molecule has 0 aromatic carbocycles. The number of pyridine rings is 1. The van der Waals surface area contributed by atoms with E-state index in [1.807, 2.05) is 25.2 Å². The van der Waals surface area contributed by atoms with Gasteiger partial charge in [0.05, 0.1) is 18.8 Å². The van der Waals surface area contributed by atoms with Gasteiger partial charge in [0.2, 0.25) is 0 Å². The van der Waals surface area contributed by atoms with Gasteiger partial charge in [-0.3, -0.25) is 4.98 Å². The molecule has 2 rings (SSSR count). The third kappa shape index (κ3) is 2.39. The number of rotatable bonds is 4. The van der Waals surface area contributed by atoms with E-state index in [1.165, 1.54) is 6.33 Å². The van der Waals surface area contributed by atoms with Crippen molar-refractivity contribution in [2.24, 2.45) is 0 Å². The van der Waals surface area contributed by atoms with E-state index in [1.54, 1.807) is 19.5 Å². The molecule has 88 valence electrons. The molecule has 0 aliphatic carbocycles. The van der Waals surface area contributed by atoms with Crippen molar-refractivity contribution in [3.8, 4) is 5.75 Å². The van der Waals surface area contributed by atoms with Gasteiger partial charge in [0.25, 0.3) is 0 Å². The highest BCUT2D eigenvalue weighted by Crippen LogP contribution is 2.25. The van der Waals surface area contributed by atoms with Crippen molar-refractivity contribution in [1.82, 2.24) is 20.3 Å². The molecule has 2 aromatic heterocycles. The number of ether oxygens (including phenoxy) is 1. The Morgan fingerprint density at radius 3 is 2.76 bits per heavy atom. The first-order chi connectivity index (χ1) is 8.36. The molecule has 2 heterocycles. The number of hydrogen-bond acceptors (Lipinski definition) is 5. The Hall–Kier alpha value is -2.01. The van der Waals surface area contributed by atoms with Gasteiger partial charge in [0.1, 0.15) is 17.8 Å². The minimum absolute atomic E-state index is 0.103. The Balaban J connectivity index is 2.42. The monoisotopic (exact) mass is 230 g/mol. The molecule has 0 saturated carbocycles. The minimum Gasteiger partial charge on any atom is -0.495 e. The summed E-state index contributed by atoms with van der Waals surface area (Å²) in [5.41, 5.74) is 1.68. The highest BCUT2D eigenvalue weighted by Gasteiger charge is 2.18. The summed E-state index contributed by atoms with van der Waals surface area (Å²) < 4.78 is 5.30. The van der Waals surface area contributed by atoms with Crippen LogP contribution in [0.1, 0.15) is 17.4 Å². The van der Waals surface area contributed by atoms with Crippen LogP contribution in [0.25, 0.3) is 0 Å². The summed E-state index contributed by atoms with van der Waals surface area (Å²) in [6, 6.07) is 5.48. The molecule has 0 amide bonds. The van der Waals surface area contributed by atoms with E-state index in [2.05, 4.69) is 20.3 Å². The van der Waals surface area contributed by atoms with Crippen molar-refractivity contribution in [2.75, 3.05) is 14.2 Å². The third-order valence-corrected chi connectivity index (χ3v) is 2.48. The van der Waals surface area contributed by atoms with Crippen LogP contribution in [0.2, 0.25) is 0 Å². The minimum atomic E-state index is -0.103. The fourth-order valence-electron chi connectivity index (χ4n) is 1.69. The molecule has 0 fully saturated rings. The van der Waals surface area contributed by atoms with Crippen LogP contribution in [0.4, 0.5) is 0 Å². The molecule has 0 aliphatic heterocycles. The predicted molar refractivity (Wildman–Crippen MR) is 63.7 cm³/mol. The highest BCUT2D eigenvalue weighted by atomic mass is 16.5. The normalized spacial score (nSPS) is 12.1. The van der Waals surface area contributed by atoms with Gasteiger partial charge in [-0.05, 0) is 25.2 Å². The first kappa shape index (κ1) is 11.5. The predicted octanol–water partition coefficient (Wildman–Crippen LogP) is 1.19. The summed E-state index contributed by atoms with van der Waals surface area (Å²) in [6.45, 7) is 0. The maximum absolute atomic E-state index is 5.30. The average Bonchev–Trinajstić information content (AvgIpc) is 2.41. The molecule has 0 radical (unpaired) electrons. The molecule has 0 aliphatic rings. The maximum atomic E-state index is 5.30. The van der Waals surface area contributed by atoms with Crippen molar-refractivity contribution in [2.45, 2.75) is 6.04 Å². The van der Waals surface area contributed by atoms with E-state index in [0.29, 0.717) is 0 Å². The van der Waals surface area contributed by atoms with Crippen LogP contribution in [0.15, 0.2) is 36.9 Å². The van der Waals surface area contributed by atoms with Gasteiger partial charge in [-0.1, -0.05) is 0 Å². The molecule has 1 atom stereocenters. The Bertz CT molecular complexity index is 475. The van der Waals surface area contributed by atoms with E-state index in [-0.39, 0.29) is 6.04 Å². The molecular weight excluding hydrogens is 216 g/mol. The third-order valence-electron chi connectivity index (χ3n) is 2.48. The molecule has 0 bridgehead atoms. The van der Waals surface area contributed by atoms with E-state index in [9.17, 15) is 0 Å². The van der Waals surface area contributed by atoms with E-state index in [4.69, 9.17) is 4.74 Å². The standard InChI is InChI=1S/C12H14N4O/c1-13-11(9-5-7-14-8-16-9)12-10(17-2)4-3-6-15-12/h3-8,11,13H,1-2H3. The van der Waals surface area contributed by atoms with Crippen LogP contribution >= 0.6 is 0 Å². The van der Waals surface area contributed by atoms with Crippen molar-refractivity contribution < 1.29 is 4.74 Å². The SMILES string of the molecule is CNC(c1ccncn1)c1ncccc1OC. The molecule has 1 N–H and O–H groups in total. The summed E-state index contributed by atoms with van der Waals surface area (Å²) in [5, 5.41) is 3.18. The van der Waals surface area contributed by atoms with Crippen LogP contribution in [0.3, 0.4) is 0 Å².